The second-order valence-electron chi connectivity index (χ2n) is 6.34. The molecule has 134 valence electrons. The lowest BCUT2D eigenvalue weighted by molar-refractivity contribution is 0.258. The molecule has 0 saturated carbocycles. The molecule has 1 fully saturated rings. The number of hydrogen-bond donors (Lipinski definition) is 0. The van der Waals surface area contributed by atoms with E-state index < -0.39 is 7.58 Å². The zero-order valence-corrected chi connectivity index (χ0v) is 16.3. The third-order valence-corrected chi connectivity index (χ3v) is 7.94. The summed E-state index contributed by atoms with van der Waals surface area (Å²) in [7, 11) is -2.22. The van der Waals surface area contributed by atoms with E-state index in [1.54, 1.807) is 0 Å². The van der Waals surface area contributed by atoms with Crippen LogP contribution in [0.25, 0.3) is 0 Å². The monoisotopic (exact) mass is 357 g/mol. The van der Waals surface area contributed by atoms with Crippen molar-refractivity contribution >= 4 is 13.3 Å². The first kappa shape index (κ1) is 18.3. The summed E-state index contributed by atoms with van der Waals surface area (Å²) in [6.45, 7) is 10.2. The maximum atomic E-state index is 6.58. The third-order valence-electron chi connectivity index (χ3n) is 4.47. The van der Waals surface area contributed by atoms with Gasteiger partial charge in [0, 0.05) is 26.2 Å². The van der Waals surface area contributed by atoms with Gasteiger partial charge in [-0.2, -0.15) is 0 Å². The minimum atomic E-state index is -2.22. The van der Waals surface area contributed by atoms with E-state index in [4.69, 9.17) is 9.27 Å². The molecule has 1 heterocycles. The van der Waals surface area contributed by atoms with Gasteiger partial charge in [-0.25, -0.2) is 14.1 Å². The summed E-state index contributed by atoms with van der Waals surface area (Å²) < 4.78 is 16.7. The van der Waals surface area contributed by atoms with E-state index in [1.165, 1.54) is 5.56 Å². The minimum Gasteiger partial charge on any atom is -0.316 e. The van der Waals surface area contributed by atoms with Crippen molar-refractivity contribution in [2.75, 3.05) is 19.6 Å². The number of benzene rings is 2. The molecule has 0 radical (unpaired) electrons. The van der Waals surface area contributed by atoms with Crippen molar-refractivity contribution in [1.29, 1.82) is 0 Å². The Hall–Kier alpha value is -1.45. The SMILES string of the molecule is CCN(CC)P1(=Nc2ccccc2)OC(C)CN1Cc1ccccc1. The quantitative estimate of drug-likeness (QED) is 0.637. The van der Waals surface area contributed by atoms with E-state index in [1.807, 2.05) is 18.2 Å². The van der Waals surface area contributed by atoms with Gasteiger partial charge in [-0.1, -0.05) is 62.4 Å². The van der Waals surface area contributed by atoms with Gasteiger partial charge in [-0.15, -0.1) is 0 Å². The van der Waals surface area contributed by atoms with Gasteiger partial charge in [0.15, 0.2) is 0 Å². The smallest absolute Gasteiger partial charge is 0.233 e. The average molecular weight is 357 g/mol. The Labute approximate surface area is 151 Å². The molecular formula is C20H28N3OP. The third kappa shape index (κ3) is 4.04. The molecular weight excluding hydrogens is 329 g/mol. The van der Waals surface area contributed by atoms with Crippen LogP contribution in [-0.4, -0.2) is 35.1 Å². The molecule has 0 amide bonds. The Bertz CT molecular complexity index is 716. The van der Waals surface area contributed by atoms with Crippen LogP contribution in [0, 0.1) is 0 Å². The predicted octanol–water partition coefficient (Wildman–Crippen LogP) is 5.53. The van der Waals surface area contributed by atoms with Gasteiger partial charge in [0.2, 0.25) is 7.58 Å². The van der Waals surface area contributed by atoms with E-state index >= 15 is 0 Å². The highest BCUT2D eigenvalue weighted by atomic mass is 31.2. The summed E-state index contributed by atoms with van der Waals surface area (Å²) in [6.07, 6.45) is 0.185. The van der Waals surface area contributed by atoms with Gasteiger partial charge in [0.05, 0.1) is 11.8 Å². The van der Waals surface area contributed by atoms with Crippen molar-refractivity contribution in [1.82, 2.24) is 9.34 Å². The normalized spacial score (nSPS) is 23.9. The fourth-order valence-corrected chi connectivity index (χ4v) is 6.76. The summed E-state index contributed by atoms with van der Waals surface area (Å²) in [5.41, 5.74) is 2.30. The Morgan fingerprint density at radius 1 is 1.04 bits per heavy atom. The highest BCUT2D eigenvalue weighted by molar-refractivity contribution is 7.57. The van der Waals surface area contributed by atoms with Gasteiger partial charge >= 0.3 is 0 Å². The average Bonchev–Trinajstić information content (AvgIpc) is 2.93. The lowest BCUT2D eigenvalue weighted by Crippen LogP contribution is -2.28. The van der Waals surface area contributed by atoms with Crippen LogP contribution < -0.4 is 0 Å². The maximum absolute atomic E-state index is 6.58. The molecule has 3 rings (SSSR count). The highest BCUT2D eigenvalue weighted by Crippen LogP contribution is 2.64. The predicted molar refractivity (Wildman–Crippen MR) is 106 cm³/mol. The maximum Gasteiger partial charge on any atom is 0.233 e. The van der Waals surface area contributed by atoms with E-state index in [0.29, 0.717) is 0 Å². The fraction of sp³-hybridized carbons (Fsp3) is 0.400. The van der Waals surface area contributed by atoms with Crippen LogP contribution in [0.5, 0.6) is 0 Å². The second kappa shape index (κ2) is 8.29. The number of hydrogen-bond acceptors (Lipinski definition) is 2. The van der Waals surface area contributed by atoms with Gasteiger partial charge in [0.1, 0.15) is 0 Å². The summed E-state index contributed by atoms with van der Waals surface area (Å²) in [4.78, 5) is 0. The van der Waals surface area contributed by atoms with Crippen LogP contribution in [0.3, 0.4) is 0 Å². The van der Waals surface area contributed by atoms with E-state index in [2.05, 4.69) is 72.6 Å². The zero-order chi connectivity index (χ0) is 17.7. The molecule has 2 aromatic carbocycles. The van der Waals surface area contributed by atoms with Crippen molar-refractivity contribution < 1.29 is 4.52 Å². The first-order valence-corrected chi connectivity index (χ1v) is 10.6. The lowest BCUT2D eigenvalue weighted by atomic mass is 10.2. The topological polar surface area (TPSA) is 28.1 Å². The van der Waals surface area contributed by atoms with Crippen molar-refractivity contribution in [3.63, 3.8) is 0 Å². The molecule has 4 nitrogen and oxygen atoms in total. The molecule has 1 aliphatic rings. The molecule has 0 spiro atoms. The summed E-state index contributed by atoms with van der Waals surface area (Å²) in [6, 6.07) is 20.9. The minimum absolute atomic E-state index is 0.185. The summed E-state index contributed by atoms with van der Waals surface area (Å²) in [5, 5.41) is 0. The number of rotatable bonds is 6. The zero-order valence-electron chi connectivity index (χ0n) is 15.4. The van der Waals surface area contributed by atoms with Crippen LogP contribution in [0.4, 0.5) is 5.69 Å². The molecule has 2 aromatic rings. The van der Waals surface area contributed by atoms with Crippen LogP contribution in [0.15, 0.2) is 65.4 Å². The Balaban J connectivity index is 2.06. The van der Waals surface area contributed by atoms with Crippen molar-refractivity contribution in [2.45, 2.75) is 33.4 Å². The molecule has 5 heteroatoms. The first-order valence-electron chi connectivity index (χ1n) is 9.08. The van der Waals surface area contributed by atoms with Crippen molar-refractivity contribution in [2.24, 2.45) is 4.74 Å². The van der Waals surface area contributed by atoms with Gasteiger partial charge < -0.3 is 4.52 Å². The molecule has 2 atom stereocenters. The lowest BCUT2D eigenvalue weighted by Gasteiger charge is -2.36. The van der Waals surface area contributed by atoms with Crippen molar-refractivity contribution in [3.05, 3.63) is 66.2 Å². The van der Waals surface area contributed by atoms with Crippen LogP contribution >= 0.6 is 7.58 Å². The Morgan fingerprint density at radius 2 is 1.64 bits per heavy atom. The standard InChI is InChI=1S/C20H28N3OP/c1-4-22(5-2)25(21-20-14-10-7-11-15-20)23(16-18(3)24-25)17-19-12-8-6-9-13-19/h6-15,18H,4-5,16-17H2,1-3H3. The largest absolute Gasteiger partial charge is 0.316 e. The van der Waals surface area contributed by atoms with Gasteiger partial charge in [0.25, 0.3) is 0 Å². The molecule has 0 aliphatic carbocycles. The first-order chi connectivity index (χ1) is 12.2. The van der Waals surface area contributed by atoms with Crippen LogP contribution in [-0.2, 0) is 11.1 Å². The molecule has 1 saturated heterocycles. The fourth-order valence-electron chi connectivity index (χ4n) is 3.33. The molecule has 0 bridgehead atoms. The Kier molecular flexibility index (Phi) is 6.08. The van der Waals surface area contributed by atoms with E-state index in [0.717, 1.165) is 31.9 Å². The second-order valence-corrected chi connectivity index (χ2v) is 8.91. The number of nitrogens with zero attached hydrogens (tertiary/aromatic N) is 3. The molecule has 1 aliphatic heterocycles. The van der Waals surface area contributed by atoms with Crippen LogP contribution in [0.1, 0.15) is 26.3 Å². The summed E-state index contributed by atoms with van der Waals surface area (Å²) >= 11 is 0. The molecule has 2 unspecified atom stereocenters. The van der Waals surface area contributed by atoms with Crippen molar-refractivity contribution in [3.8, 4) is 0 Å². The molecule has 0 aromatic heterocycles. The van der Waals surface area contributed by atoms with Gasteiger partial charge in [-0.3, -0.25) is 0 Å². The van der Waals surface area contributed by atoms with E-state index in [-0.39, 0.29) is 6.10 Å². The van der Waals surface area contributed by atoms with Crippen LogP contribution in [0.2, 0.25) is 0 Å². The molecule has 0 N–H and O–H groups in total. The molecule has 25 heavy (non-hydrogen) atoms. The van der Waals surface area contributed by atoms with Gasteiger partial charge in [-0.05, 0) is 24.6 Å². The van der Waals surface area contributed by atoms with E-state index in [9.17, 15) is 0 Å². The Morgan fingerprint density at radius 3 is 2.24 bits per heavy atom. The summed E-state index contributed by atoms with van der Waals surface area (Å²) in [5.74, 6) is 0. The highest BCUT2D eigenvalue weighted by Gasteiger charge is 2.42.